The highest BCUT2D eigenvalue weighted by Crippen LogP contribution is 2.24. The molecule has 2 fully saturated rings. The summed E-state index contributed by atoms with van der Waals surface area (Å²) >= 11 is 0. The number of carbonyl (C=O) groups excluding carboxylic acids is 1. The van der Waals surface area contributed by atoms with Gasteiger partial charge >= 0.3 is 0 Å². The number of hydrogen-bond donors (Lipinski definition) is 2. The van der Waals surface area contributed by atoms with Crippen molar-refractivity contribution >= 4 is 36.4 Å². The molecular formula is C15H22Cl2FN3O. The van der Waals surface area contributed by atoms with Gasteiger partial charge in [-0.2, -0.15) is 0 Å². The van der Waals surface area contributed by atoms with Crippen LogP contribution in [-0.4, -0.2) is 38.6 Å². The van der Waals surface area contributed by atoms with Crippen LogP contribution in [0.15, 0.2) is 18.2 Å². The average molecular weight is 350 g/mol. The van der Waals surface area contributed by atoms with Gasteiger partial charge in [0.25, 0.3) is 5.91 Å². The van der Waals surface area contributed by atoms with Crippen molar-refractivity contribution in [2.24, 2.45) is 5.92 Å². The minimum absolute atomic E-state index is 0. The standard InChI is InChI=1S/C15H20FN3O.2ClH/c16-13-7-12(15(20)18-10-11-8-17-9-11)3-4-14(13)19-5-1-2-6-19;;/h3-4,7,11,17H,1-2,5-6,8-10H2,(H,18,20);2*1H. The number of halogens is 3. The number of anilines is 1. The van der Waals surface area contributed by atoms with Gasteiger partial charge in [0.2, 0.25) is 0 Å². The van der Waals surface area contributed by atoms with Crippen molar-refractivity contribution in [3.63, 3.8) is 0 Å². The molecule has 1 amide bonds. The first-order chi connectivity index (χ1) is 9.74. The Morgan fingerprint density at radius 2 is 1.95 bits per heavy atom. The molecule has 124 valence electrons. The molecule has 2 saturated heterocycles. The monoisotopic (exact) mass is 349 g/mol. The third-order valence-electron chi connectivity index (χ3n) is 4.07. The van der Waals surface area contributed by atoms with E-state index in [2.05, 4.69) is 10.6 Å². The van der Waals surface area contributed by atoms with Crippen LogP contribution in [0.4, 0.5) is 10.1 Å². The lowest BCUT2D eigenvalue weighted by Gasteiger charge is -2.27. The number of nitrogens with zero attached hydrogens (tertiary/aromatic N) is 1. The second kappa shape index (κ2) is 8.56. The Labute approximate surface area is 142 Å². The van der Waals surface area contributed by atoms with Crippen LogP contribution >= 0.6 is 24.8 Å². The quantitative estimate of drug-likeness (QED) is 0.875. The molecule has 0 spiro atoms. The fourth-order valence-corrected chi connectivity index (χ4v) is 2.69. The molecule has 4 nitrogen and oxygen atoms in total. The second-order valence-corrected chi connectivity index (χ2v) is 5.59. The van der Waals surface area contributed by atoms with E-state index >= 15 is 0 Å². The molecule has 0 aliphatic carbocycles. The van der Waals surface area contributed by atoms with Crippen molar-refractivity contribution in [2.45, 2.75) is 12.8 Å². The van der Waals surface area contributed by atoms with Gasteiger partial charge in [-0.05, 0) is 31.0 Å². The normalized spacial score (nSPS) is 17.2. The molecule has 2 N–H and O–H groups in total. The van der Waals surface area contributed by atoms with E-state index in [4.69, 9.17) is 0 Å². The van der Waals surface area contributed by atoms with E-state index in [9.17, 15) is 9.18 Å². The van der Waals surface area contributed by atoms with Crippen molar-refractivity contribution in [3.8, 4) is 0 Å². The summed E-state index contributed by atoms with van der Waals surface area (Å²) < 4.78 is 14.1. The van der Waals surface area contributed by atoms with E-state index in [0.717, 1.165) is 39.0 Å². The van der Waals surface area contributed by atoms with Gasteiger partial charge in [-0.25, -0.2) is 4.39 Å². The fraction of sp³-hybridized carbons (Fsp3) is 0.533. The summed E-state index contributed by atoms with van der Waals surface area (Å²) in [5, 5.41) is 6.01. The SMILES string of the molecule is Cl.Cl.O=C(NCC1CNC1)c1ccc(N2CCCC2)c(F)c1. The minimum atomic E-state index is -0.301. The molecule has 22 heavy (non-hydrogen) atoms. The van der Waals surface area contributed by atoms with Crippen molar-refractivity contribution in [1.29, 1.82) is 0 Å². The molecule has 2 heterocycles. The molecule has 7 heteroatoms. The molecule has 3 rings (SSSR count). The zero-order chi connectivity index (χ0) is 13.9. The number of rotatable bonds is 4. The van der Waals surface area contributed by atoms with Gasteiger partial charge in [0.15, 0.2) is 0 Å². The van der Waals surface area contributed by atoms with Gasteiger partial charge in [-0.3, -0.25) is 4.79 Å². The first kappa shape index (κ1) is 19.0. The lowest BCUT2D eigenvalue weighted by Crippen LogP contribution is -2.48. The van der Waals surface area contributed by atoms with Crippen molar-refractivity contribution in [3.05, 3.63) is 29.6 Å². The van der Waals surface area contributed by atoms with Gasteiger partial charge in [0.1, 0.15) is 5.82 Å². The maximum Gasteiger partial charge on any atom is 0.251 e. The number of nitrogens with one attached hydrogen (secondary N) is 2. The third-order valence-corrected chi connectivity index (χ3v) is 4.07. The Morgan fingerprint density at radius 1 is 1.27 bits per heavy atom. The Morgan fingerprint density at radius 3 is 2.50 bits per heavy atom. The molecule has 1 aromatic rings. The molecule has 0 aromatic heterocycles. The summed E-state index contributed by atoms with van der Waals surface area (Å²) in [5.74, 6) is 0.0151. The number of benzene rings is 1. The molecule has 0 unspecified atom stereocenters. The summed E-state index contributed by atoms with van der Waals surface area (Å²) in [7, 11) is 0. The number of carbonyl (C=O) groups is 1. The van der Waals surface area contributed by atoms with E-state index in [0.29, 0.717) is 23.7 Å². The minimum Gasteiger partial charge on any atom is -0.369 e. The van der Waals surface area contributed by atoms with Gasteiger partial charge in [0, 0.05) is 44.2 Å². The van der Waals surface area contributed by atoms with Gasteiger partial charge < -0.3 is 15.5 Å². The highest BCUT2D eigenvalue weighted by Gasteiger charge is 2.19. The first-order valence-electron chi connectivity index (χ1n) is 7.27. The number of amides is 1. The lowest BCUT2D eigenvalue weighted by molar-refractivity contribution is 0.0942. The van der Waals surface area contributed by atoms with Crippen molar-refractivity contribution in [2.75, 3.05) is 37.6 Å². The molecule has 0 saturated carbocycles. The van der Waals surface area contributed by atoms with Crippen LogP contribution in [0.25, 0.3) is 0 Å². The zero-order valence-corrected chi connectivity index (χ0v) is 13.9. The summed E-state index contributed by atoms with van der Waals surface area (Å²) in [6.45, 7) is 4.35. The van der Waals surface area contributed by atoms with Crippen LogP contribution in [0.3, 0.4) is 0 Å². The average Bonchev–Trinajstić information content (AvgIpc) is 2.90. The van der Waals surface area contributed by atoms with Crippen molar-refractivity contribution in [1.82, 2.24) is 10.6 Å². The second-order valence-electron chi connectivity index (χ2n) is 5.59. The maximum absolute atomic E-state index is 14.1. The molecule has 0 atom stereocenters. The van der Waals surface area contributed by atoms with Crippen LogP contribution in [-0.2, 0) is 0 Å². The van der Waals surface area contributed by atoms with E-state index in [-0.39, 0.29) is 36.5 Å². The van der Waals surface area contributed by atoms with E-state index < -0.39 is 0 Å². The maximum atomic E-state index is 14.1. The summed E-state index contributed by atoms with van der Waals surface area (Å²) in [5.41, 5.74) is 1.01. The predicted molar refractivity (Wildman–Crippen MR) is 91.0 cm³/mol. The summed E-state index contributed by atoms with van der Waals surface area (Å²) in [4.78, 5) is 14.0. The number of hydrogen-bond acceptors (Lipinski definition) is 3. The van der Waals surface area contributed by atoms with Gasteiger partial charge in [-0.15, -0.1) is 24.8 Å². The Bertz CT molecular complexity index is 506. The third kappa shape index (κ3) is 4.24. The molecule has 0 radical (unpaired) electrons. The lowest BCUT2D eigenvalue weighted by atomic mass is 10.0. The van der Waals surface area contributed by atoms with Crippen LogP contribution in [0.2, 0.25) is 0 Å². The Balaban J connectivity index is 0.00000121. The smallest absolute Gasteiger partial charge is 0.251 e. The molecule has 2 aliphatic heterocycles. The molecule has 1 aromatic carbocycles. The summed E-state index contributed by atoms with van der Waals surface area (Å²) in [6, 6.07) is 4.79. The molecule has 2 aliphatic rings. The van der Waals surface area contributed by atoms with Crippen LogP contribution < -0.4 is 15.5 Å². The van der Waals surface area contributed by atoms with Crippen LogP contribution in [0.5, 0.6) is 0 Å². The van der Waals surface area contributed by atoms with Crippen LogP contribution in [0.1, 0.15) is 23.2 Å². The summed E-state index contributed by atoms with van der Waals surface area (Å²) in [6.07, 6.45) is 2.22. The highest BCUT2D eigenvalue weighted by molar-refractivity contribution is 5.94. The van der Waals surface area contributed by atoms with E-state index in [1.807, 2.05) is 4.90 Å². The fourth-order valence-electron chi connectivity index (χ4n) is 2.69. The topological polar surface area (TPSA) is 44.4 Å². The van der Waals surface area contributed by atoms with Gasteiger partial charge in [0.05, 0.1) is 5.69 Å². The van der Waals surface area contributed by atoms with E-state index in [1.165, 1.54) is 6.07 Å². The first-order valence-corrected chi connectivity index (χ1v) is 7.27. The zero-order valence-electron chi connectivity index (χ0n) is 12.3. The van der Waals surface area contributed by atoms with Crippen molar-refractivity contribution < 1.29 is 9.18 Å². The largest absolute Gasteiger partial charge is 0.369 e. The van der Waals surface area contributed by atoms with Gasteiger partial charge in [-0.1, -0.05) is 0 Å². The Hall–Kier alpha value is -1.04. The molecule has 0 bridgehead atoms. The molecular weight excluding hydrogens is 328 g/mol. The Kier molecular flexibility index (Phi) is 7.39. The van der Waals surface area contributed by atoms with E-state index in [1.54, 1.807) is 12.1 Å². The highest BCUT2D eigenvalue weighted by atomic mass is 35.5. The van der Waals surface area contributed by atoms with Crippen LogP contribution in [0, 0.1) is 11.7 Å². The predicted octanol–water partition coefficient (Wildman–Crippen LogP) is 2.22.